The predicted molar refractivity (Wildman–Crippen MR) is 97.0 cm³/mol. The quantitative estimate of drug-likeness (QED) is 0.905. The van der Waals surface area contributed by atoms with E-state index in [-0.39, 0.29) is 12.0 Å². The zero-order chi connectivity index (χ0) is 17.6. The van der Waals surface area contributed by atoms with E-state index in [0.29, 0.717) is 17.9 Å². The predicted octanol–water partition coefficient (Wildman–Crippen LogP) is 2.76. The highest BCUT2D eigenvalue weighted by molar-refractivity contribution is 5.95. The Morgan fingerprint density at radius 3 is 2.96 bits per heavy atom. The Balaban J connectivity index is 1.73. The number of ether oxygens (including phenoxy) is 1. The van der Waals surface area contributed by atoms with Crippen LogP contribution < -0.4 is 5.73 Å². The first kappa shape index (κ1) is 17.4. The molecule has 0 bridgehead atoms. The molecule has 1 fully saturated rings. The molecule has 3 heterocycles. The Kier molecular flexibility index (Phi) is 5.60. The zero-order valence-corrected chi connectivity index (χ0v) is 14.5. The van der Waals surface area contributed by atoms with Crippen LogP contribution in [0.3, 0.4) is 0 Å². The van der Waals surface area contributed by atoms with Crippen molar-refractivity contribution in [2.24, 2.45) is 0 Å². The summed E-state index contributed by atoms with van der Waals surface area (Å²) in [6, 6.07) is 5.48. The van der Waals surface area contributed by atoms with E-state index in [4.69, 9.17) is 10.5 Å². The van der Waals surface area contributed by atoms with Gasteiger partial charge in [-0.15, -0.1) is 0 Å². The first-order valence-corrected chi connectivity index (χ1v) is 8.75. The summed E-state index contributed by atoms with van der Waals surface area (Å²) in [5.74, 6) is 0.470. The Labute approximate surface area is 148 Å². The second kappa shape index (κ2) is 8.07. The van der Waals surface area contributed by atoms with Crippen LogP contribution in [0.25, 0.3) is 11.1 Å². The molecule has 1 aliphatic rings. The Morgan fingerprint density at radius 2 is 2.20 bits per heavy atom. The monoisotopic (exact) mass is 340 g/mol. The van der Waals surface area contributed by atoms with E-state index >= 15 is 0 Å². The molecule has 1 amide bonds. The molecular weight excluding hydrogens is 316 g/mol. The minimum atomic E-state index is 0.00236. The van der Waals surface area contributed by atoms with E-state index < -0.39 is 0 Å². The second-order valence-electron chi connectivity index (χ2n) is 6.32. The topological polar surface area (TPSA) is 81.3 Å². The number of hydrogen-bond acceptors (Lipinski definition) is 5. The van der Waals surface area contributed by atoms with Gasteiger partial charge in [-0.25, -0.2) is 4.98 Å². The van der Waals surface area contributed by atoms with Gasteiger partial charge in [0.15, 0.2) is 0 Å². The number of nitrogen functional groups attached to an aromatic ring is 1. The maximum Gasteiger partial charge on any atom is 0.255 e. The van der Waals surface area contributed by atoms with E-state index in [9.17, 15) is 4.79 Å². The van der Waals surface area contributed by atoms with Gasteiger partial charge < -0.3 is 15.4 Å². The van der Waals surface area contributed by atoms with Gasteiger partial charge in [0.25, 0.3) is 5.91 Å². The van der Waals surface area contributed by atoms with Gasteiger partial charge in [-0.1, -0.05) is 6.92 Å². The van der Waals surface area contributed by atoms with Crippen LogP contribution in [0.1, 0.15) is 36.5 Å². The molecule has 0 aromatic carbocycles. The molecule has 1 saturated heterocycles. The molecule has 2 aromatic heterocycles. The molecule has 2 aromatic rings. The van der Waals surface area contributed by atoms with Crippen molar-refractivity contribution in [1.29, 1.82) is 0 Å². The number of aromatic nitrogens is 2. The van der Waals surface area contributed by atoms with Crippen LogP contribution in [0.15, 0.2) is 36.8 Å². The first-order valence-electron chi connectivity index (χ1n) is 8.75. The lowest BCUT2D eigenvalue weighted by atomic mass is 10.0. The van der Waals surface area contributed by atoms with Crippen molar-refractivity contribution in [3.63, 3.8) is 0 Å². The third-order valence-electron chi connectivity index (χ3n) is 4.33. The minimum Gasteiger partial charge on any atom is -0.384 e. The lowest BCUT2D eigenvalue weighted by Gasteiger charge is -2.32. The van der Waals surface area contributed by atoms with Crippen LogP contribution in [0.2, 0.25) is 0 Å². The van der Waals surface area contributed by atoms with Crippen molar-refractivity contribution in [1.82, 2.24) is 14.9 Å². The Bertz CT molecular complexity index is 718. The molecule has 0 radical (unpaired) electrons. The van der Waals surface area contributed by atoms with Gasteiger partial charge in [-0.3, -0.25) is 9.78 Å². The molecule has 0 unspecified atom stereocenters. The fourth-order valence-electron chi connectivity index (χ4n) is 3.02. The number of amides is 1. The fraction of sp³-hybridized carbons (Fsp3) is 0.421. The number of likely N-dealkylation sites (tertiary alicyclic amines) is 1. The number of nitrogens with two attached hydrogens (primary N) is 1. The average Bonchev–Trinajstić information content (AvgIpc) is 2.66. The van der Waals surface area contributed by atoms with E-state index in [1.807, 2.05) is 17.0 Å². The van der Waals surface area contributed by atoms with Gasteiger partial charge >= 0.3 is 0 Å². The highest BCUT2D eigenvalue weighted by Crippen LogP contribution is 2.21. The van der Waals surface area contributed by atoms with Crippen molar-refractivity contribution in [2.75, 3.05) is 25.4 Å². The van der Waals surface area contributed by atoms with E-state index in [1.165, 1.54) is 0 Å². The number of piperidine rings is 1. The molecule has 1 atom stereocenters. The first-order chi connectivity index (χ1) is 12.2. The fourth-order valence-corrected chi connectivity index (χ4v) is 3.02. The minimum absolute atomic E-state index is 0.00236. The summed E-state index contributed by atoms with van der Waals surface area (Å²) in [4.78, 5) is 23.0. The van der Waals surface area contributed by atoms with Gasteiger partial charge in [0.05, 0.1) is 11.7 Å². The summed E-state index contributed by atoms with van der Waals surface area (Å²) in [5.41, 5.74) is 7.96. The SMILES string of the molecule is CCCO[C@@H]1CCCN(C(=O)c2cncc(-c3ccc(N)nc3)c2)C1. The molecular formula is C19H24N4O2. The number of carbonyl (C=O) groups excluding carboxylic acids is 1. The highest BCUT2D eigenvalue weighted by Gasteiger charge is 2.25. The second-order valence-corrected chi connectivity index (χ2v) is 6.32. The summed E-state index contributed by atoms with van der Waals surface area (Å²) in [6.07, 6.45) is 8.15. The molecule has 2 N–H and O–H groups in total. The summed E-state index contributed by atoms with van der Waals surface area (Å²) < 4.78 is 5.82. The van der Waals surface area contributed by atoms with Gasteiger partial charge in [0.2, 0.25) is 0 Å². The van der Waals surface area contributed by atoms with Gasteiger partial charge in [-0.05, 0) is 37.5 Å². The number of rotatable bonds is 5. The number of pyridine rings is 2. The van der Waals surface area contributed by atoms with Crippen molar-refractivity contribution in [3.05, 3.63) is 42.4 Å². The van der Waals surface area contributed by atoms with E-state index in [2.05, 4.69) is 16.9 Å². The Hall–Kier alpha value is -2.47. The summed E-state index contributed by atoms with van der Waals surface area (Å²) in [6.45, 7) is 4.24. The average molecular weight is 340 g/mol. The molecule has 25 heavy (non-hydrogen) atoms. The Morgan fingerprint density at radius 1 is 1.32 bits per heavy atom. The highest BCUT2D eigenvalue weighted by atomic mass is 16.5. The number of carbonyl (C=O) groups is 1. The van der Waals surface area contributed by atoms with Crippen molar-refractivity contribution < 1.29 is 9.53 Å². The molecule has 0 aliphatic carbocycles. The lowest BCUT2D eigenvalue weighted by molar-refractivity contribution is 0.00210. The van der Waals surface area contributed by atoms with Crippen molar-refractivity contribution in [3.8, 4) is 11.1 Å². The zero-order valence-electron chi connectivity index (χ0n) is 14.5. The molecule has 0 saturated carbocycles. The maximum atomic E-state index is 12.9. The largest absolute Gasteiger partial charge is 0.384 e. The molecule has 6 nitrogen and oxygen atoms in total. The summed E-state index contributed by atoms with van der Waals surface area (Å²) in [7, 11) is 0. The third-order valence-corrected chi connectivity index (χ3v) is 4.33. The molecule has 1 aliphatic heterocycles. The maximum absolute atomic E-state index is 12.9. The van der Waals surface area contributed by atoms with E-state index in [0.717, 1.165) is 43.5 Å². The number of nitrogens with zero attached hydrogens (tertiary/aromatic N) is 3. The van der Waals surface area contributed by atoms with Crippen LogP contribution >= 0.6 is 0 Å². The standard InChI is InChI=1S/C19H24N4O2/c1-2-8-25-17-4-3-7-23(13-17)19(24)16-9-15(10-21-11-16)14-5-6-18(20)22-12-14/h5-6,9-12,17H,2-4,7-8,13H2,1H3,(H2,20,22)/t17-/m1/s1. The number of hydrogen-bond donors (Lipinski definition) is 1. The molecule has 6 heteroatoms. The molecule has 3 rings (SSSR count). The van der Waals surface area contributed by atoms with E-state index in [1.54, 1.807) is 24.7 Å². The van der Waals surface area contributed by atoms with Crippen molar-refractivity contribution in [2.45, 2.75) is 32.3 Å². The smallest absolute Gasteiger partial charge is 0.255 e. The van der Waals surface area contributed by atoms with Crippen LogP contribution in [0.4, 0.5) is 5.82 Å². The van der Waals surface area contributed by atoms with Crippen LogP contribution in [-0.4, -0.2) is 46.6 Å². The number of anilines is 1. The van der Waals surface area contributed by atoms with Gasteiger partial charge in [0, 0.05) is 49.4 Å². The van der Waals surface area contributed by atoms with Gasteiger partial charge in [0.1, 0.15) is 5.82 Å². The van der Waals surface area contributed by atoms with Crippen LogP contribution in [0, 0.1) is 0 Å². The lowest BCUT2D eigenvalue weighted by Crippen LogP contribution is -2.43. The van der Waals surface area contributed by atoms with Crippen LogP contribution in [-0.2, 0) is 4.74 Å². The summed E-state index contributed by atoms with van der Waals surface area (Å²) in [5, 5.41) is 0. The molecule has 0 spiro atoms. The summed E-state index contributed by atoms with van der Waals surface area (Å²) >= 11 is 0. The van der Waals surface area contributed by atoms with Crippen LogP contribution in [0.5, 0.6) is 0 Å². The third kappa shape index (κ3) is 4.33. The van der Waals surface area contributed by atoms with Crippen molar-refractivity contribution >= 4 is 11.7 Å². The normalized spacial score (nSPS) is 17.5. The molecule has 132 valence electrons. The van der Waals surface area contributed by atoms with Gasteiger partial charge in [-0.2, -0.15) is 0 Å².